The number of nitrogens with zero attached hydrogens (tertiary/aromatic N) is 1. The highest BCUT2D eigenvalue weighted by Crippen LogP contribution is 2.53. The van der Waals surface area contributed by atoms with E-state index in [-0.39, 0.29) is 10.8 Å². The van der Waals surface area contributed by atoms with Gasteiger partial charge in [0.05, 0.1) is 0 Å². The van der Waals surface area contributed by atoms with Gasteiger partial charge in [-0.3, -0.25) is 0 Å². The first-order chi connectivity index (χ1) is 29.8. The Morgan fingerprint density at radius 2 is 0.672 bits per heavy atom. The Hall–Kier alpha value is -7.22. The lowest BCUT2D eigenvalue weighted by Crippen LogP contribution is -2.17. The quantitative estimate of drug-likeness (QED) is 0.156. The van der Waals surface area contributed by atoms with Crippen LogP contribution in [0.3, 0.4) is 0 Å². The molecule has 292 valence electrons. The lowest BCUT2D eigenvalue weighted by atomic mass is 9.79. The molecule has 9 aromatic carbocycles. The van der Waals surface area contributed by atoms with Gasteiger partial charge in [-0.2, -0.15) is 0 Å². The summed E-state index contributed by atoms with van der Waals surface area (Å²) in [6.45, 7) is 9.48. The van der Waals surface area contributed by atoms with Crippen LogP contribution in [0.15, 0.2) is 212 Å². The van der Waals surface area contributed by atoms with Crippen LogP contribution in [-0.2, 0) is 10.8 Å². The molecule has 0 aliphatic heterocycles. The Labute approximate surface area is 360 Å². The van der Waals surface area contributed by atoms with Crippen LogP contribution in [-0.4, -0.2) is 0 Å². The molecule has 9 aromatic rings. The Kier molecular flexibility index (Phi) is 8.58. The van der Waals surface area contributed by atoms with Crippen molar-refractivity contribution in [2.75, 3.05) is 4.90 Å². The zero-order valence-corrected chi connectivity index (χ0v) is 35.2. The molecular formula is C60H47N. The van der Waals surface area contributed by atoms with Crippen LogP contribution in [0.2, 0.25) is 0 Å². The molecule has 61 heavy (non-hydrogen) atoms. The van der Waals surface area contributed by atoms with Crippen molar-refractivity contribution < 1.29 is 0 Å². The van der Waals surface area contributed by atoms with Gasteiger partial charge in [0.1, 0.15) is 0 Å². The molecule has 0 saturated carbocycles. The molecule has 0 aromatic heterocycles. The zero-order chi connectivity index (χ0) is 41.3. The first-order valence-corrected chi connectivity index (χ1v) is 21.5. The molecule has 0 fully saturated rings. The van der Waals surface area contributed by atoms with Crippen molar-refractivity contribution in [1.82, 2.24) is 0 Å². The standard InChI is InChI=1S/C60H47N/c1-59(2)55-22-10-8-18-51(55)53-37-36-49(39-57(53)59)61(48-17-12-16-46(38-48)50-20-13-21-54-52-19-9-11-23-56(52)60(3,4)58(50)54)47-34-32-45(33-35-47)44-30-28-43(29-31-44)42-26-24-41(25-27-42)40-14-6-5-7-15-40/h5-39H,1-4H3. The third-order valence-electron chi connectivity index (χ3n) is 13.5. The van der Waals surface area contributed by atoms with Gasteiger partial charge in [-0.1, -0.05) is 204 Å². The molecule has 0 N–H and O–H groups in total. The number of fused-ring (bicyclic) bond motifs is 6. The van der Waals surface area contributed by atoms with E-state index >= 15 is 0 Å². The van der Waals surface area contributed by atoms with E-state index in [9.17, 15) is 0 Å². The van der Waals surface area contributed by atoms with E-state index in [2.05, 4.69) is 245 Å². The van der Waals surface area contributed by atoms with E-state index in [1.807, 2.05) is 0 Å². The molecule has 0 spiro atoms. The van der Waals surface area contributed by atoms with Gasteiger partial charge in [-0.05, 0) is 125 Å². The molecule has 0 heterocycles. The first kappa shape index (κ1) is 36.8. The van der Waals surface area contributed by atoms with Gasteiger partial charge < -0.3 is 4.90 Å². The number of benzene rings is 9. The topological polar surface area (TPSA) is 3.24 Å². The van der Waals surface area contributed by atoms with Crippen molar-refractivity contribution in [2.45, 2.75) is 38.5 Å². The monoisotopic (exact) mass is 781 g/mol. The van der Waals surface area contributed by atoms with Crippen LogP contribution in [0.5, 0.6) is 0 Å². The summed E-state index contributed by atoms with van der Waals surface area (Å²) in [5, 5.41) is 0. The smallest absolute Gasteiger partial charge is 0.0467 e. The summed E-state index contributed by atoms with van der Waals surface area (Å²) in [5.74, 6) is 0. The average Bonchev–Trinajstić information content (AvgIpc) is 3.69. The van der Waals surface area contributed by atoms with Crippen LogP contribution >= 0.6 is 0 Å². The van der Waals surface area contributed by atoms with Gasteiger partial charge >= 0.3 is 0 Å². The van der Waals surface area contributed by atoms with E-state index in [0.29, 0.717) is 0 Å². The number of rotatable bonds is 7. The summed E-state index contributed by atoms with van der Waals surface area (Å²) in [6, 6.07) is 78.4. The fourth-order valence-electron chi connectivity index (χ4n) is 10.3. The summed E-state index contributed by atoms with van der Waals surface area (Å²) >= 11 is 0. The highest BCUT2D eigenvalue weighted by Gasteiger charge is 2.38. The molecular weight excluding hydrogens is 735 g/mol. The Morgan fingerprint density at radius 1 is 0.262 bits per heavy atom. The Morgan fingerprint density at radius 3 is 1.30 bits per heavy atom. The van der Waals surface area contributed by atoms with Crippen molar-refractivity contribution in [2.24, 2.45) is 0 Å². The number of hydrogen-bond donors (Lipinski definition) is 0. The lowest BCUT2D eigenvalue weighted by Gasteiger charge is -2.29. The molecule has 0 bridgehead atoms. The van der Waals surface area contributed by atoms with Crippen LogP contribution in [0, 0.1) is 0 Å². The van der Waals surface area contributed by atoms with Crippen molar-refractivity contribution in [1.29, 1.82) is 0 Å². The molecule has 0 atom stereocenters. The van der Waals surface area contributed by atoms with Crippen molar-refractivity contribution >= 4 is 17.1 Å². The molecule has 0 radical (unpaired) electrons. The second-order valence-electron chi connectivity index (χ2n) is 17.8. The number of hydrogen-bond acceptors (Lipinski definition) is 1. The summed E-state index contributed by atoms with van der Waals surface area (Å²) in [7, 11) is 0. The maximum Gasteiger partial charge on any atom is 0.0467 e. The molecule has 0 amide bonds. The van der Waals surface area contributed by atoms with Crippen molar-refractivity contribution in [3.63, 3.8) is 0 Å². The highest BCUT2D eigenvalue weighted by atomic mass is 15.1. The molecule has 1 nitrogen and oxygen atoms in total. The lowest BCUT2D eigenvalue weighted by molar-refractivity contribution is 0.660. The SMILES string of the molecule is CC1(C)c2ccccc2-c2ccc(N(c3ccc(-c4ccc(-c5ccc(-c6ccccc6)cc5)cc4)cc3)c3cccc(-c4cccc5c4C(C)(C)c4ccccc4-5)c3)cc21. The summed E-state index contributed by atoms with van der Waals surface area (Å²) in [5.41, 5.74) is 23.9. The van der Waals surface area contributed by atoms with E-state index in [1.54, 1.807) is 0 Å². The Bertz CT molecular complexity index is 3100. The predicted octanol–water partition coefficient (Wildman–Crippen LogP) is 16.4. The van der Waals surface area contributed by atoms with E-state index in [4.69, 9.17) is 0 Å². The van der Waals surface area contributed by atoms with Gasteiger partial charge in [0, 0.05) is 27.9 Å². The maximum absolute atomic E-state index is 2.44. The molecule has 0 saturated heterocycles. The summed E-state index contributed by atoms with van der Waals surface area (Å²) < 4.78 is 0. The maximum atomic E-state index is 2.44. The van der Waals surface area contributed by atoms with Gasteiger partial charge in [0.2, 0.25) is 0 Å². The van der Waals surface area contributed by atoms with Gasteiger partial charge in [-0.15, -0.1) is 0 Å². The second kappa shape index (κ2) is 14.2. The minimum absolute atomic E-state index is 0.111. The normalized spacial score (nSPS) is 13.8. The fourth-order valence-corrected chi connectivity index (χ4v) is 10.3. The van der Waals surface area contributed by atoms with Gasteiger partial charge in [0.25, 0.3) is 0 Å². The molecule has 2 aliphatic carbocycles. The van der Waals surface area contributed by atoms with E-state index in [1.165, 1.54) is 89.0 Å². The van der Waals surface area contributed by atoms with Crippen LogP contribution < -0.4 is 4.90 Å². The minimum atomic E-state index is -0.111. The third-order valence-corrected chi connectivity index (χ3v) is 13.5. The molecule has 2 aliphatic rings. The minimum Gasteiger partial charge on any atom is -0.310 e. The third kappa shape index (κ3) is 6.07. The summed E-state index contributed by atoms with van der Waals surface area (Å²) in [6.07, 6.45) is 0. The zero-order valence-electron chi connectivity index (χ0n) is 35.2. The molecule has 11 rings (SSSR count). The molecule has 0 unspecified atom stereocenters. The van der Waals surface area contributed by atoms with Crippen LogP contribution in [0.1, 0.15) is 49.9 Å². The van der Waals surface area contributed by atoms with E-state index < -0.39 is 0 Å². The molecule has 1 heteroatoms. The first-order valence-electron chi connectivity index (χ1n) is 21.5. The predicted molar refractivity (Wildman–Crippen MR) is 258 cm³/mol. The number of anilines is 3. The van der Waals surface area contributed by atoms with Crippen LogP contribution in [0.4, 0.5) is 17.1 Å². The fraction of sp³-hybridized carbons (Fsp3) is 0.100. The van der Waals surface area contributed by atoms with E-state index in [0.717, 1.165) is 17.1 Å². The second-order valence-corrected chi connectivity index (χ2v) is 17.8. The van der Waals surface area contributed by atoms with Crippen LogP contribution in [0.25, 0.3) is 66.8 Å². The van der Waals surface area contributed by atoms with Gasteiger partial charge in [-0.25, -0.2) is 0 Å². The Balaban J connectivity index is 0.972. The van der Waals surface area contributed by atoms with Gasteiger partial charge in [0.15, 0.2) is 0 Å². The largest absolute Gasteiger partial charge is 0.310 e. The highest BCUT2D eigenvalue weighted by molar-refractivity contribution is 5.91. The van der Waals surface area contributed by atoms with Crippen molar-refractivity contribution in [3.05, 3.63) is 235 Å². The van der Waals surface area contributed by atoms with Crippen molar-refractivity contribution in [3.8, 4) is 66.8 Å². The average molecular weight is 782 g/mol. The summed E-state index contributed by atoms with van der Waals surface area (Å²) in [4.78, 5) is 2.44.